The van der Waals surface area contributed by atoms with Crippen LogP contribution >= 0.6 is 27.5 Å². The molecule has 0 unspecified atom stereocenters. The van der Waals surface area contributed by atoms with Crippen LogP contribution in [0.25, 0.3) is 0 Å². The monoisotopic (exact) mass is 387 g/mol. The zero-order valence-corrected chi connectivity index (χ0v) is 14.1. The number of ketones is 1. The minimum absolute atomic E-state index is 0.0616. The zero-order chi connectivity index (χ0) is 15.6. The molecule has 0 fully saturated rings. The Balaban J connectivity index is 2.31. The highest BCUT2D eigenvalue weighted by Gasteiger charge is 2.16. The second kappa shape index (κ2) is 6.17. The molecule has 0 atom stereocenters. The van der Waals surface area contributed by atoms with Gasteiger partial charge in [-0.3, -0.25) is 9.52 Å². The summed E-state index contributed by atoms with van der Waals surface area (Å²) in [4.78, 5) is 11.2. The van der Waals surface area contributed by atoms with Gasteiger partial charge in [0.05, 0.1) is 15.6 Å². The van der Waals surface area contributed by atoms with Crippen LogP contribution in [-0.4, -0.2) is 14.2 Å². The molecule has 21 heavy (non-hydrogen) atoms. The molecule has 0 aliphatic carbocycles. The van der Waals surface area contributed by atoms with Crippen molar-refractivity contribution < 1.29 is 13.2 Å². The molecule has 1 N–H and O–H groups in total. The van der Waals surface area contributed by atoms with Crippen LogP contribution in [0.1, 0.15) is 17.3 Å². The molecule has 0 aliphatic rings. The SMILES string of the molecule is CC(=O)c1ccc(S(=O)(=O)Nc2ccc(Br)cc2Cl)cc1. The third-order valence-corrected chi connectivity index (χ3v) is 4.93. The Kier molecular flexibility index (Phi) is 4.70. The summed E-state index contributed by atoms with van der Waals surface area (Å²) in [6, 6.07) is 10.5. The van der Waals surface area contributed by atoms with E-state index < -0.39 is 10.0 Å². The van der Waals surface area contributed by atoms with Gasteiger partial charge in [0.15, 0.2) is 5.78 Å². The van der Waals surface area contributed by atoms with Crippen LogP contribution in [0, 0.1) is 0 Å². The van der Waals surface area contributed by atoms with E-state index >= 15 is 0 Å². The molecular formula is C14H11BrClNO3S. The number of hydrogen-bond acceptors (Lipinski definition) is 3. The molecule has 2 aromatic carbocycles. The number of rotatable bonds is 4. The lowest BCUT2D eigenvalue weighted by atomic mass is 10.2. The molecule has 0 bridgehead atoms. The van der Waals surface area contributed by atoms with E-state index in [0.29, 0.717) is 5.56 Å². The van der Waals surface area contributed by atoms with Gasteiger partial charge in [-0.05, 0) is 37.3 Å². The Morgan fingerprint density at radius 3 is 2.29 bits per heavy atom. The number of carbonyl (C=O) groups excluding carboxylic acids is 1. The minimum atomic E-state index is -3.75. The van der Waals surface area contributed by atoms with Crippen LogP contribution in [0.4, 0.5) is 5.69 Å². The van der Waals surface area contributed by atoms with Crippen molar-refractivity contribution in [2.24, 2.45) is 0 Å². The molecule has 2 rings (SSSR count). The Bertz CT molecular complexity index is 788. The Labute approximate surface area is 136 Å². The van der Waals surface area contributed by atoms with Crippen molar-refractivity contribution in [2.45, 2.75) is 11.8 Å². The predicted octanol–water partition coefficient (Wildman–Crippen LogP) is 4.11. The second-order valence-corrected chi connectivity index (χ2v) is 7.32. The third-order valence-electron chi connectivity index (χ3n) is 2.75. The van der Waals surface area contributed by atoms with E-state index in [4.69, 9.17) is 11.6 Å². The van der Waals surface area contributed by atoms with Crippen molar-refractivity contribution in [2.75, 3.05) is 4.72 Å². The Morgan fingerprint density at radius 2 is 1.76 bits per heavy atom. The number of benzene rings is 2. The van der Waals surface area contributed by atoms with E-state index in [1.54, 1.807) is 18.2 Å². The van der Waals surface area contributed by atoms with Gasteiger partial charge in [-0.25, -0.2) is 8.42 Å². The molecule has 0 spiro atoms. The molecule has 0 heterocycles. The normalized spacial score (nSPS) is 11.2. The molecule has 110 valence electrons. The highest BCUT2D eigenvalue weighted by Crippen LogP contribution is 2.27. The molecule has 0 saturated carbocycles. The number of anilines is 1. The number of nitrogens with one attached hydrogen (secondary N) is 1. The van der Waals surface area contributed by atoms with Crippen molar-refractivity contribution >= 4 is 49.0 Å². The fourth-order valence-electron chi connectivity index (χ4n) is 1.64. The minimum Gasteiger partial charge on any atom is -0.295 e. The number of sulfonamides is 1. The molecular weight excluding hydrogens is 378 g/mol. The van der Waals surface area contributed by atoms with Gasteiger partial charge in [0.25, 0.3) is 10.0 Å². The highest BCUT2D eigenvalue weighted by atomic mass is 79.9. The molecule has 7 heteroatoms. The van der Waals surface area contributed by atoms with E-state index in [0.717, 1.165) is 4.47 Å². The lowest BCUT2D eigenvalue weighted by Crippen LogP contribution is -2.13. The van der Waals surface area contributed by atoms with Crippen LogP contribution in [0.3, 0.4) is 0 Å². The first-order valence-corrected chi connectivity index (χ1v) is 8.54. The average molecular weight is 389 g/mol. The molecule has 0 saturated heterocycles. The summed E-state index contributed by atoms with van der Waals surface area (Å²) < 4.78 is 27.7. The summed E-state index contributed by atoms with van der Waals surface area (Å²) in [5, 5.41) is 0.285. The van der Waals surface area contributed by atoms with Crippen LogP contribution in [0.15, 0.2) is 51.8 Å². The summed E-state index contributed by atoms with van der Waals surface area (Å²) in [5.41, 5.74) is 0.742. The zero-order valence-electron chi connectivity index (χ0n) is 10.9. The van der Waals surface area contributed by atoms with E-state index in [1.165, 1.54) is 31.2 Å². The van der Waals surface area contributed by atoms with Gasteiger partial charge in [0.2, 0.25) is 0 Å². The Hall–Kier alpha value is -1.37. The lowest BCUT2D eigenvalue weighted by Gasteiger charge is -2.10. The number of Topliss-reactive ketones (excluding diaryl/α,β-unsaturated/α-hetero) is 1. The largest absolute Gasteiger partial charge is 0.295 e. The first-order valence-electron chi connectivity index (χ1n) is 5.88. The number of carbonyl (C=O) groups is 1. The summed E-state index contributed by atoms with van der Waals surface area (Å²) in [6.45, 7) is 1.42. The maximum absolute atomic E-state index is 12.3. The average Bonchev–Trinajstić information content (AvgIpc) is 2.42. The molecule has 4 nitrogen and oxygen atoms in total. The Morgan fingerprint density at radius 1 is 1.14 bits per heavy atom. The maximum atomic E-state index is 12.3. The first-order chi connectivity index (χ1) is 9.79. The van der Waals surface area contributed by atoms with Gasteiger partial charge in [-0.15, -0.1) is 0 Å². The lowest BCUT2D eigenvalue weighted by molar-refractivity contribution is 0.101. The van der Waals surface area contributed by atoms with Crippen LogP contribution < -0.4 is 4.72 Å². The quantitative estimate of drug-likeness (QED) is 0.802. The van der Waals surface area contributed by atoms with Gasteiger partial charge in [0, 0.05) is 10.0 Å². The smallest absolute Gasteiger partial charge is 0.261 e. The molecule has 0 amide bonds. The second-order valence-electron chi connectivity index (χ2n) is 4.31. The van der Waals surface area contributed by atoms with Crippen LogP contribution in [0.2, 0.25) is 5.02 Å². The summed E-state index contributed by atoms with van der Waals surface area (Å²) in [7, 11) is -3.75. The fourth-order valence-corrected chi connectivity index (χ4v) is 3.50. The van der Waals surface area contributed by atoms with Crippen molar-refractivity contribution in [3.8, 4) is 0 Å². The summed E-state index contributed by atoms with van der Waals surface area (Å²) in [5.74, 6) is -0.122. The summed E-state index contributed by atoms with van der Waals surface area (Å²) in [6.07, 6.45) is 0. The fraction of sp³-hybridized carbons (Fsp3) is 0.0714. The molecule has 0 aliphatic heterocycles. The van der Waals surface area contributed by atoms with E-state index in [2.05, 4.69) is 20.7 Å². The van der Waals surface area contributed by atoms with Gasteiger partial charge in [0.1, 0.15) is 0 Å². The van der Waals surface area contributed by atoms with Gasteiger partial charge in [-0.1, -0.05) is 39.7 Å². The number of hydrogen-bond donors (Lipinski definition) is 1. The van der Waals surface area contributed by atoms with Crippen LogP contribution in [-0.2, 0) is 10.0 Å². The van der Waals surface area contributed by atoms with Crippen molar-refractivity contribution in [3.63, 3.8) is 0 Å². The van der Waals surface area contributed by atoms with Crippen molar-refractivity contribution in [1.82, 2.24) is 0 Å². The predicted molar refractivity (Wildman–Crippen MR) is 86.4 cm³/mol. The molecule has 0 radical (unpaired) electrons. The van der Waals surface area contributed by atoms with Crippen LogP contribution in [0.5, 0.6) is 0 Å². The van der Waals surface area contributed by atoms with E-state index in [9.17, 15) is 13.2 Å². The number of halogens is 2. The van der Waals surface area contributed by atoms with Gasteiger partial charge >= 0.3 is 0 Å². The van der Waals surface area contributed by atoms with Gasteiger partial charge < -0.3 is 0 Å². The first kappa shape index (κ1) is 16.0. The third kappa shape index (κ3) is 3.84. The highest BCUT2D eigenvalue weighted by molar-refractivity contribution is 9.10. The summed E-state index contributed by atoms with van der Waals surface area (Å²) >= 11 is 9.24. The molecule has 2 aromatic rings. The molecule has 0 aromatic heterocycles. The van der Waals surface area contributed by atoms with Crippen molar-refractivity contribution in [1.29, 1.82) is 0 Å². The maximum Gasteiger partial charge on any atom is 0.261 e. The topological polar surface area (TPSA) is 63.2 Å². The van der Waals surface area contributed by atoms with E-state index in [-0.39, 0.29) is 21.4 Å². The van der Waals surface area contributed by atoms with E-state index in [1.807, 2.05) is 0 Å². The van der Waals surface area contributed by atoms with Gasteiger partial charge in [-0.2, -0.15) is 0 Å². The standard InChI is InChI=1S/C14H11BrClNO3S/c1-9(18)10-2-5-12(6-3-10)21(19,20)17-14-7-4-11(15)8-13(14)16/h2-8,17H,1H3. The van der Waals surface area contributed by atoms with Crippen molar-refractivity contribution in [3.05, 3.63) is 57.5 Å².